The number of furan rings is 1. The zero-order valence-electron chi connectivity index (χ0n) is 15.4. The molecular formula is C20H18FN3O4S. The van der Waals surface area contributed by atoms with E-state index in [1.807, 2.05) is 0 Å². The lowest BCUT2D eigenvalue weighted by atomic mass is 10.1. The summed E-state index contributed by atoms with van der Waals surface area (Å²) in [6, 6.07) is 14.9. The number of hydrazone groups is 1. The monoisotopic (exact) mass is 415 g/mol. The predicted octanol–water partition coefficient (Wildman–Crippen LogP) is 3.05. The van der Waals surface area contributed by atoms with Crippen molar-refractivity contribution in [2.45, 2.75) is 18.4 Å². The highest BCUT2D eigenvalue weighted by Crippen LogP contribution is 2.13. The molecule has 0 saturated carbocycles. The van der Waals surface area contributed by atoms with Gasteiger partial charge in [0.1, 0.15) is 11.6 Å². The number of halogens is 1. The minimum Gasteiger partial charge on any atom is -0.468 e. The first kappa shape index (κ1) is 20.4. The molecule has 3 aromatic rings. The van der Waals surface area contributed by atoms with Gasteiger partial charge in [0.2, 0.25) is 10.0 Å². The molecule has 1 amide bonds. The number of benzene rings is 2. The fourth-order valence-corrected chi connectivity index (χ4v) is 3.44. The Balaban J connectivity index is 1.66. The van der Waals surface area contributed by atoms with Gasteiger partial charge in [-0.15, -0.1) is 0 Å². The standard InChI is InChI=1S/C20H18FN3O4S/c1-14(23-24-20(25)18-6-2-3-7-19(18)21)15-8-10-17(11-9-15)29(26,27)22-13-16-5-4-12-28-16/h2-12,22H,13H2,1H3,(H,24,25)/b23-14+. The average Bonchev–Trinajstić information content (AvgIpc) is 3.24. The van der Waals surface area contributed by atoms with Crippen molar-refractivity contribution >= 4 is 21.6 Å². The molecule has 0 saturated heterocycles. The molecular weight excluding hydrogens is 397 g/mol. The van der Waals surface area contributed by atoms with Crippen molar-refractivity contribution in [2.24, 2.45) is 5.10 Å². The molecule has 7 nitrogen and oxygen atoms in total. The Kier molecular flexibility index (Phi) is 6.20. The molecule has 1 heterocycles. The highest BCUT2D eigenvalue weighted by molar-refractivity contribution is 7.89. The van der Waals surface area contributed by atoms with Crippen LogP contribution in [0.1, 0.15) is 28.6 Å². The molecule has 0 radical (unpaired) electrons. The Morgan fingerprint density at radius 2 is 1.79 bits per heavy atom. The van der Waals surface area contributed by atoms with Crippen molar-refractivity contribution in [3.8, 4) is 0 Å². The fourth-order valence-electron chi connectivity index (χ4n) is 2.44. The number of hydrogen-bond acceptors (Lipinski definition) is 5. The van der Waals surface area contributed by atoms with Crippen LogP contribution in [0.2, 0.25) is 0 Å². The van der Waals surface area contributed by atoms with Crippen LogP contribution < -0.4 is 10.1 Å². The topological polar surface area (TPSA) is 101 Å². The second-order valence-electron chi connectivity index (χ2n) is 6.05. The van der Waals surface area contributed by atoms with Gasteiger partial charge in [-0.25, -0.2) is 23.0 Å². The molecule has 0 fully saturated rings. The maximum Gasteiger partial charge on any atom is 0.274 e. The smallest absolute Gasteiger partial charge is 0.274 e. The quantitative estimate of drug-likeness (QED) is 0.457. The molecule has 9 heteroatoms. The summed E-state index contributed by atoms with van der Waals surface area (Å²) in [5.74, 6) is -0.822. The molecule has 0 atom stereocenters. The third kappa shape index (κ3) is 5.15. The summed E-state index contributed by atoms with van der Waals surface area (Å²) in [6.07, 6.45) is 1.46. The van der Waals surface area contributed by atoms with E-state index in [0.717, 1.165) is 0 Å². The van der Waals surface area contributed by atoms with Gasteiger partial charge in [0.15, 0.2) is 0 Å². The number of sulfonamides is 1. The van der Waals surface area contributed by atoms with E-state index in [-0.39, 0.29) is 17.0 Å². The van der Waals surface area contributed by atoms with Crippen molar-refractivity contribution in [1.82, 2.24) is 10.1 Å². The molecule has 0 bridgehead atoms. The summed E-state index contributed by atoms with van der Waals surface area (Å²) in [4.78, 5) is 12.1. The van der Waals surface area contributed by atoms with Gasteiger partial charge < -0.3 is 4.42 Å². The third-order valence-electron chi connectivity index (χ3n) is 4.04. The van der Waals surface area contributed by atoms with Crippen molar-refractivity contribution in [3.63, 3.8) is 0 Å². The normalized spacial score (nSPS) is 12.0. The van der Waals surface area contributed by atoms with Gasteiger partial charge in [0.25, 0.3) is 5.91 Å². The first-order valence-corrected chi connectivity index (χ1v) is 10.1. The van der Waals surface area contributed by atoms with E-state index in [4.69, 9.17) is 4.42 Å². The van der Waals surface area contributed by atoms with Crippen molar-refractivity contribution in [2.75, 3.05) is 0 Å². The maximum absolute atomic E-state index is 13.6. The van der Waals surface area contributed by atoms with E-state index < -0.39 is 21.7 Å². The van der Waals surface area contributed by atoms with E-state index in [1.165, 1.54) is 36.6 Å². The van der Waals surface area contributed by atoms with Crippen LogP contribution in [0.25, 0.3) is 0 Å². The van der Waals surface area contributed by atoms with Gasteiger partial charge in [0, 0.05) is 0 Å². The lowest BCUT2D eigenvalue weighted by molar-refractivity contribution is 0.0951. The summed E-state index contributed by atoms with van der Waals surface area (Å²) in [5, 5.41) is 3.95. The Hall–Kier alpha value is -3.30. The minimum atomic E-state index is -3.71. The van der Waals surface area contributed by atoms with E-state index in [0.29, 0.717) is 17.0 Å². The number of amides is 1. The lowest BCUT2D eigenvalue weighted by Gasteiger charge is -2.07. The molecule has 2 aromatic carbocycles. The van der Waals surface area contributed by atoms with Crippen LogP contribution in [0.5, 0.6) is 0 Å². The molecule has 3 rings (SSSR count). The van der Waals surface area contributed by atoms with Crippen LogP contribution in [0.15, 0.2) is 81.3 Å². The molecule has 1 aromatic heterocycles. The van der Waals surface area contributed by atoms with Gasteiger partial charge in [0.05, 0.1) is 29.0 Å². The summed E-state index contributed by atoms with van der Waals surface area (Å²) in [6.45, 7) is 1.68. The number of rotatable bonds is 7. The fraction of sp³-hybridized carbons (Fsp3) is 0.100. The Morgan fingerprint density at radius 3 is 2.45 bits per heavy atom. The Bertz CT molecular complexity index is 1120. The lowest BCUT2D eigenvalue weighted by Crippen LogP contribution is -2.23. The molecule has 0 aliphatic rings. The first-order valence-electron chi connectivity index (χ1n) is 8.58. The van der Waals surface area contributed by atoms with Gasteiger partial charge in [-0.1, -0.05) is 24.3 Å². The van der Waals surface area contributed by atoms with Crippen molar-refractivity contribution in [3.05, 3.63) is 89.6 Å². The molecule has 150 valence electrons. The first-order chi connectivity index (χ1) is 13.9. The number of hydrogen-bond donors (Lipinski definition) is 2. The van der Waals surface area contributed by atoms with Gasteiger partial charge in [-0.3, -0.25) is 4.79 Å². The van der Waals surface area contributed by atoms with Gasteiger partial charge >= 0.3 is 0 Å². The van der Waals surface area contributed by atoms with Crippen molar-refractivity contribution < 1.29 is 22.0 Å². The molecule has 0 unspecified atom stereocenters. The Morgan fingerprint density at radius 1 is 1.07 bits per heavy atom. The maximum atomic E-state index is 13.6. The zero-order valence-corrected chi connectivity index (χ0v) is 16.2. The molecule has 0 aliphatic carbocycles. The van der Waals surface area contributed by atoms with Crippen LogP contribution >= 0.6 is 0 Å². The van der Waals surface area contributed by atoms with Crippen LogP contribution in [-0.4, -0.2) is 20.0 Å². The van der Waals surface area contributed by atoms with E-state index in [2.05, 4.69) is 15.2 Å². The van der Waals surface area contributed by atoms with Gasteiger partial charge in [-0.05, 0) is 48.9 Å². The minimum absolute atomic E-state index is 0.0413. The SMILES string of the molecule is C/C(=N\NC(=O)c1ccccc1F)c1ccc(S(=O)(=O)NCc2ccco2)cc1. The van der Waals surface area contributed by atoms with Crippen LogP contribution in [-0.2, 0) is 16.6 Å². The summed E-state index contributed by atoms with van der Waals surface area (Å²) < 4.78 is 45.8. The summed E-state index contributed by atoms with van der Waals surface area (Å²) >= 11 is 0. The summed E-state index contributed by atoms with van der Waals surface area (Å²) in [5.41, 5.74) is 3.20. The third-order valence-corrected chi connectivity index (χ3v) is 5.46. The highest BCUT2D eigenvalue weighted by atomic mass is 32.2. The number of carbonyl (C=O) groups excluding carboxylic acids is 1. The van der Waals surface area contributed by atoms with E-state index in [9.17, 15) is 17.6 Å². The van der Waals surface area contributed by atoms with Crippen molar-refractivity contribution in [1.29, 1.82) is 0 Å². The van der Waals surface area contributed by atoms with Crippen LogP contribution in [0.4, 0.5) is 4.39 Å². The second kappa shape index (κ2) is 8.80. The van der Waals surface area contributed by atoms with Crippen LogP contribution in [0.3, 0.4) is 0 Å². The molecule has 0 spiro atoms. The average molecular weight is 415 g/mol. The van der Waals surface area contributed by atoms with Crippen LogP contribution in [0, 0.1) is 5.82 Å². The molecule has 2 N–H and O–H groups in total. The largest absolute Gasteiger partial charge is 0.468 e. The second-order valence-corrected chi connectivity index (χ2v) is 7.81. The molecule has 0 aliphatic heterocycles. The highest BCUT2D eigenvalue weighted by Gasteiger charge is 2.15. The van der Waals surface area contributed by atoms with Gasteiger partial charge in [-0.2, -0.15) is 5.10 Å². The number of nitrogens with one attached hydrogen (secondary N) is 2. The molecule has 29 heavy (non-hydrogen) atoms. The predicted molar refractivity (Wildman–Crippen MR) is 105 cm³/mol. The van der Waals surface area contributed by atoms with E-state index >= 15 is 0 Å². The zero-order chi connectivity index (χ0) is 20.9. The summed E-state index contributed by atoms with van der Waals surface area (Å²) in [7, 11) is -3.71. The van der Waals surface area contributed by atoms with E-state index in [1.54, 1.807) is 37.3 Å². The number of carbonyl (C=O) groups is 1. The Labute approximate surface area is 167 Å². The number of nitrogens with zero attached hydrogens (tertiary/aromatic N) is 1.